The van der Waals surface area contributed by atoms with Crippen molar-refractivity contribution >= 4 is 5.69 Å². The SMILES string of the molecule is CN(C)c1cccc(CCCCCCO)c1. The molecule has 90 valence electrons. The predicted octanol–water partition coefficient (Wildman–Crippen LogP) is 2.85. The van der Waals surface area contributed by atoms with Crippen LogP contribution in [0, 0.1) is 0 Å². The Labute approximate surface area is 98.9 Å². The minimum absolute atomic E-state index is 0.329. The van der Waals surface area contributed by atoms with Crippen LogP contribution in [0.2, 0.25) is 0 Å². The van der Waals surface area contributed by atoms with Gasteiger partial charge in [-0.25, -0.2) is 0 Å². The number of aliphatic hydroxyl groups excluding tert-OH is 1. The van der Waals surface area contributed by atoms with E-state index < -0.39 is 0 Å². The van der Waals surface area contributed by atoms with E-state index >= 15 is 0 Å². The lowest BCUT2D eigenvalue weighted by molar-refractivity contribution is 0.282. The predicted molar refractivity (Wildman–Crippen MR) is 70.0 cm³/mol. The fourth-order valence-electron chi connectivity index (χ4n) is 1.78. The highest BCUT2D eigenvalue weighted by Crippen LogP contribution is 2.15. The zero-order valence-electron chi connectivity index (χ0n) is 10.4. The molecule has 0 unspecified atom stereocenters. The van der Waals surface area contributed by atoms with Crippen LogP contribution in [0.15, 0.2) is 24.3 Å². The molecule has 0 aliphatic heterocycles. The summed E-state index contributed by atoms with van der Waals surface area (Å²) in [7, 11) is 4.14. The van der Waals surface area contributed by atoms with Gasteiger partial charge in [-0.15, -0.1) is 0 Å². The second-order valence-electron chi connectivity index (χ2n) is 4.45. The van der Waals surface area contributed by atoms with Crippen LogP contribution in [0.4, 0.5) is 5.69 Å². The highest BCUT2D eigenvalue weighted by Gasteiger charge is 1.97. The first-order chi connectivity index (χ1) is 7.74. The Hall–Kier alpha value is -1.02. The molecule has 0 heterocycles. The molecule has 0 amide bonds. The van der Waals surface area contributed by atoms with Crippen molar-refractivity contribution in [3.8, 4) is 0 Å². The van der Waals surface area contributed by atoms with Gasteiger partial charge in [-0.2, -0.15) is 0 Å². The third-order valence-electron chi connectivity index (χ3n) is 2.80. The molecule has 0 aliphatic rings. The summed E-state index contributed by atoms with van der Waals surface area (Å²) in [5.74, 6) is 0. The molecule has 16 heavy (non-hydrogen) atoms. The zero-order chi connectivity index (χ0) is 11.8. The standard InChI is InChI=1S/C14H23NO/c1-15(2)14-10-7-9-13(12-14)8-5-3-4-6-11-16/h7,9-10,12,16H,3-6,8,11H2,1-2H3. The lowest BCUT2D eigenvalue weighted by Crippen LogP contribution is -2.08. The molecule has 0 saturated carbocycles. The zero-order valence-corrected chi connectivity index (χ0v) is 10.4. The van der Waals surface area contributed by atoms with Gasteiger partial charge in [0.15, 0.2) is 0 Å². The molecule has 0 radical (unpaired) electrons. The molecule has 2 nitrogen and oxygen atoms in total. The summed E-state index contributed by atoms with van der Waals surface area (Å²) in [5, 5.41) is 8.67. The van der Waals surface area contributed by atoms with Crippen LogP contribution < -0.4 is 4.90 Å². The van der Waals surface area contributed by atoms with Crippen LogP contribution in [-0.4, -0.2) is 25.8 Å². The first kappa shape index (κ1) is 13.0. The van der Waals surface area contributed by atoms with Crippen LogP contribution in [0.3, 0.4) is 0 Å². The summed E-state index contributed by atoms with van der Waals surface area (Å²) in [6.45, 7) is 0.329. The highest BCUT2D eigenvalue weighted by molar-refractivity contribution is 5.47. The first-order valence-corrected chi connectivity index (χ1v) is 6.11. The lowest BCUT2D eigenvalue weighted by atomic mass is 10.1. The molecule has 1 aromatic carbocycles. The van der Waals surface area contributed by atoms with Crippen LogP contribution in [0.25, 0.3) is 0 Å². The lowest BCUT2D eigenvalue weighted by Gasteiger charge is -2.13. The van der Waals surface area contributed by atoms with E-state index in [9.17, 15) is 0 Å². The second kappa shape index (κ2) is 7.29. The number of nitrogens with zero attached hydrogens (tertiary/aromatic N) is 1. The van der Waals surface area contributed by atoms with E-state index in [1.807, 2.05) is 0 Å². The van der Waals surface area contributed by atoms with E-state index in [1.54, 1.807) is 0 Å². The van der Waals surface area contributed by atoms with Crippen molar-refractivity contribution in [2.75, 3.05) is 25.6 Å². The van der Waals surface area contributed by atoms with E-state index in [-0.39, 0.29) is 0 Å². The number of unbranched alkanes of at least 4 members (excludes halogenated alkanes) is 3. The number of hydrogen-bond acceptors (Lipinski definition) is 2. The quantitative estimate of drug-likeness (QED) is 0.716. The maximum atomic E-state index is 8.67. The van der Waals surface area contributed by atoms with E-state index in [2.05, 4.69) is 43.3 Å². The molecule has 0 aromatic heterocycles. The van der Waals surface area contributed by atoms with Crippen LogP contribution in [0.5, 0.6) is 0 Å². The molecule has 0 spiro atoms. The first-order valence-electron chi connectivity index (χ1n) is 6.11. The molecule has 0 atom stereocenters. The van der Waals surface area contributed by atoms with Gasteiger partial charge in [-0.1, -0.05) is 25.0 Å². The van der Waals surface area contributed by atoms with Crippen molar-refractivity contribution in [2.45, 2.75) is 32.1 Å². The Balaban J connectivity index is 2.33. The van der Waals surface area contributed by atoms with Crippen molar-refractivity contribution in [3.05, 3.63) is 29.8 Å². The smallest absolute Gasteiger partial charge is 0.0431 e. The molecule has 0 fully saturated rings. The molecular formula is C14H23NO. The Morgan fingerprint density at radius 1 is 1.06 bits per heavy atom. The number of aliphatic hydroxyl groups is 1. The molecular weight excluding hydrogens is 198 g/mol. The fourth-order valence-corrected chi connectivity index (χ4v) is 1.78. The molecule has 1 N–H and O–H groups in total. The van der Waals surface area contributed by atoms with Crippen molar-refractivity contribution in [1.29, 1.82) is 0 Å². The Morgan fingerprint density at radius 3 is 2.50 bits per heavy atom. The highest BCUT2D eigenvalue weighted by atomic mass is 16.2. The molecule has 1 rings (SSSR count). The van der Waals surface area contributed by atoms with Gasteiger partial charge < -0.3 is 10.0 Å². The van der Waals surface area contributed by atoms with Crippen LogP contribution in [0.1, 0.15) is 31.2 Å². The van der Waals surface area contributed by atoms with Gasteiger partial charge in [0.2, 0.25) is 0 Å². The third-order valence-corrected chi connectivity index (χ3v) is 2.80. The van der Waals surface area contributed by atoms with Gasteiger partial charge in [-0.05, 0) is 37.0 Å². The van der Waals surface area contributed by atoms with Gasteiger partial charge in [-0.3, -0.25) is 0 Å². The normalized spacial score (nSPS) is 10.4. The Bertz CT molecular complexity index is 297. The monoisotopic (exact) mass is 221 g/mol. The summed E-state index contributed by atoms with van der Waals surface area (Å²) in [4.78, 5) is 2.13. The maximum absolute atomic E-state index is 8.67. The summed E-state index contributed by atoms with van der Waals surface area (Å²) in [6.07, 6.45) is 5.67. The van der Waals surface area contributed by atoms with Crippen LogP contribution >= 0.6 is 0 Å². The minimum Gasteiger partial charge on any atom is -0.396 e. The molecule has 1 aromatic rings. The molecule has 0 bridgehead atoms. The largest absolute Gasteiger partial charge is 0.396 e. The van der Waals surface area contributed by atoms with Gasteiger partial charge in [0.25, 0.3) is 0 Å². The summed E-state index contributed by atoms with van der Waals surface area (Å²) in [5.41, 5.74) is 2.68. The number of benzene rings is 1. The molecule has 0 aliphatic carbocycles. The number of hydrogen-bond donors (Lipinski definition) is 1. The third kappa shape index (κ3) is 4.67. The Morgan fingerprint density at radius 2 is 1.81 bits per heavy atom. The topological polar surface area (TPSA) is 23.5 Å². The Kier molecular flexibility index (Phi) is 5.94. The second-order valence-corrected chi connectivity index (χ2v) is 4.45. The molecule has 2 heteroatoms. The van der Waals surface area contributed by atoms with E-state index in [4.69, 9.17) is 5.11 Å². The van der Waals surface area contributed by atoms with Crippen molar-refractivity contribution < 1.29 is 5.11 Å². The average Bonchev–Trinajstić information content (AvgIpc) is 2.29. The van der Waals surface area contributed by atoms with Crippen molar-refractivity contribution in [3.63, 3.8) is 0 Å². The number of aryl methyl sites for hydroxylation is 1. The van der Waals surface area contributed by atoms with Crippen molar-refractivity contribution in [2.24, 2.45) is 0 Å². The van der Waals surface area contributed by atoms with E-state index in [0.29, 0.717) is 6.61 Å². The minimum atomic E-state index is 0.329. The van der Waals surface area contributed by atoms with Gasteiger partial charge in [0.05, 0.1) is 0 Å². The number of anilines is 1. The van der Waals surface area contributed by atoms with E-state index in [0.717, 1.165) is 19.3 Å². The van der Waals surface area contributed by atoms with E-state index in [1.165, 1.54) is 24.1 Å². The molecule has 0 saturated heterocycles. The van der Waals surface area contributed by atoms with Crippen molar-refractivity contribution in [1.82, 2.24) is 0 Å². The van der Waals surface area contributed by atoms with Gasteiger partial charge in [0.1, 0.15) is 0 Å². The fraction of sp³-hybridized carbons (Fsp3) is 0.571. The van der Waals surface area contributed by atoms with Gasteiger partial charge in [0, 0.05) is 26.4 Å². The summed E-state index contributed by atoms with van der Waals surface area (Å²) in [6, 6.07) is 8.71. The van der Waals surface area contributed by atoms with Crippen LogP contribution in [-0.2, 0) is 6.42 Å². The summed E-state index contributed by atoms with van der Waals surface area (Å²) < 4.78 is 0. The average molecular weight is 221 g/mol. The number of rotatable bonds is 7. The maximum Gasteiger partial charge on any atom is 0.0431 e. The summed E-state index contributed by atoms with van der Waals surface area (Å²) >= 11 is 0. The van der Waals surface area contributed by atoms with Gasteiger partial charge >= 0.3 is 0 Å².